The molecule has 6 nitrogen and oxygen atoms in total. The van der Waals surface area contributed by atoms with Gasteiger partial charge >= 0.3 is 0 Å². The lowest BCUT2D eigenvalue weighted by atomic mass is 10.1. The summed E-state index contributed by atoms with van der Waals surface area (Å²) in [4.78, 5) is 11.7. The van der Waals surface area contributed by atoms with Crippen LogP contribution in [0.1, 0.15) is 45.4 Å². The van der Waals surface area contributed by atoms with Gasteiger partial charge in [0, 0.05) is 26.2 Å². The van der Waals surface area contributed by atoms with Crippen LogP contribution in [0.2, 0.25) is 0 Å². The van der Waals surface area contributed by atoms with Gasteiger partial charge in [0.2, 0.25) is 15.9 Å². The number of carbonyl (C=O) groups is 1. The Kier molecular flexibility index (Phi) is 8.21. The van der Waals surface area contributed by atoms with Crippen molar-refractivity contribution < 1.29 is 13.2 Å². The summed E-state index contributed by atoms with van der Waals surface area (Å²) in [5.41, 5.74) is 0. The Balaban J connectivity index is 2.15. The standard InChI is InChI=1S/C14H29N3O3S/c1-3-21(19,20)17(2)12-14(18)16-11-10-15-13-8-6-4-5-7-9-13/h13,15H,3-12H2,1-2H3,(H,16,18). The number of nitrogens with zero attached hydrogens (tertiary/aromatic N) is 1. The van der Waals surface area contributed by atoms with Gasteiger partial charge in [-0.3, -0.25) is 4.79 Å². The second-order valence-corrected chi connectivity index (χ2v) is 8.01. The van der Waals surface area contributed by atoms with Gasteiger partial charge in [0.25, 0.3) is 0 Å². The largest absolute Gasteiger partial charge is 0.354 e. The van der Waals surface area contributed by atoms with E-state index in [-0.39, 0.29) is 18.2 Å². The Hall–Kier alpha value is -0.660. The topological polar surface area (TPSA) is 78.5 Å². The van der Waals surface area contributed by atoms with Gasteiger partial charge in [0.1, 0.15) is 0 Å². The molecule has 1 saturated carbocycles. The molecular formula is C14H29N3O3S. The zero-order chi connectivity index (χ0) is 15.7. The first kappa shape index (κ1) is 18.4. The zero-order valence-electron chi connectivity index (χ0n) is 13.2. The van der Waals surface area contributed by atoms with Crippen LogP contribution in [0, 0.1) is 0 Å². The van der Waals surface area contributed by atoms with E-state index in [9.17, 15) is 13.2 Å². The fraction of sp³-hybridized carbons (Fsp3) is 0.929. The summed E-state index contributed by atoms with van der Waals surface area (Å²) in [6.45, 7) is 2.73. The molecule has 7 heteroatoms. The van der Waals surface area contributed by atoms with Gasteiger partial charge in [-0.1, -0.05) is 25.7 Å². The summed E-state index contributed by atoms with van der Waals surface area (Å²) >= 11 is 0. The molecule has 1 fully saturated rings. The predicted molar refractivity (Wildman–Crippen MR) is 84.6 cm³/mol. The maximum absolute atomic E-state index is 11.7. The highest BCUT2D eigenvalue weighted by Crippen LogP contribution is 2.16. The van der Waals surface area contributed by atoms with Crippen molar-refractivity contribution in [3.63, 3.8) is 0 Å². The molecular weight excluding hydrogens is 290 g/mol. The Morgan fingerprint density at radius 2 is 1.76 bits per heavy atom. The molecule has 0 radical (unpaired) electrons. The lowest BCUT2D eigenvalue weighted by Crippen LogP contribution is -2.42. The molecule has 0 unspecified atom stereocenters. The first-order chi connectivity index (χ1) is 9.95. The molecule has 0 atom stereocenters. The molecule has 2 N–H and O–H groups in total. The number of hydrogen-bond acceptors (Lipinski definition) is 4. The van der Waals surface area contributed by atoms with E-state index in [4.69, 9.17) is 0 Å². The Morgan fingerprint density at radius 3 is 2.33 bits per heavy atom. The highest BCUT2D eigenvalue weighted by molar-refractivity contribution is 7.89. The molecule has 1 rings (SSSR count). The van der Waals surface area contributed by atoms with Crippen molar-refractivity contribution in [1.82, 2.24) is 14.9 Å². The summed E-state index contributed by atoms with van der Waals surface area (Å²) in [6.07, 6.45) is 7.64. The van der Waals surface area contributed by atoms with E-state index in [1.165, 1.54) is 45.6 Å². The van der Waals surface area contributed by atoms with E-state index < -0.39 is 10.0 Å². The lowest BCUT2D eigenvalue weighted by molar-refractivity contribution is -0.121. The molecule has 1 aliphatic carbocycles. The second kappa shape index (κ2) is 9.38. The molecule has 0 aliphatic heterocycles. The molecule has 0 heterocycles. The number of nitrogens with one attached hydrogen (secondary N) is 2. The smallest absolute Gasteiger partial charge is 0.235 e. The number of sulfonamides is 1. The minimum Gasteiger partial charge on any atom is -0.354 e. The highest BCUT2D eigenvalue weighted by Gasteiger charge is 2.18. The minimum atomic E-state index is -3.29. The predicted octanol–water partition coefficient (Wildman–Crippen LogP) is 0.697. The number of carbonyl (C=O) groups excluding carboxylic acids is 1. The van der Waals surface area contributed by atoms with E-state index in [1.54, 1.807) is 6.92 Å². The van der Waals surface area contributed by atoms with Crippen molar-refractivity contribution in [3.8, 4) is 0 Å². The lowest BCUT2D eigenvalue weighted by Gasteiger charge is -2.17. The van der Waals surface area contributed by atoms with Crippen molar-refractivity contribution in [1.29, 1.82) is 0 Å². The molecule has 0 bridgehead atoms. The SMILES string of the molecule is CCS(=O)(=O)N(C)CC(=O)NCCNC1CCCCCC1. The van der Waals surface area contributed by atoms with Gasteiger partial charge in [-0.15, -0.1) is 0 Å². The van der Waals surface area contributed by atoms with Gasteiger partial charge in [0.15, 0.2) is 0 Å². The van der Waals surface area contributed by atoms with Crippen LogP contribution in [0.4, 0.5) is 0 Å². The van der Waals surface area contributed by atoms with Crippen LogP contribution < -0.4 is 10.6 Å². The van der Waals surface area contributed by atoms with Gasteiger partial charge in [0.05, 0.1) is 12.3 Å². The van der Waals surface area contributed by atoms with E-state index in [1.807, 2.05) is 0 Å². The number of hydrogen-bond donors (Lipinski definition) is 2. The highest BCUT2D eigenvalue weighted by atomic mass is 32.2. The van der Waals surface area contributed by atoms with Crippen molar-refractivity contribution in [2.45, 2.75) is 51.5 Å². The van der Waals surface area contributed by atoms with Crippen molar-refractivity contribution in [2.75, 3.05) is 32.4 Å². The van der Waals surface area contributed by atoms with E-state index in [0.717, 1.165) is 10.8 Å². The molecule has 0 saturated heterocycles. The van der Waals surface area contributed by atoms with Crippen molar-refractivity contribution in [3.05, 3.63) is 0 Å². The number of likely N-dealkylation sites (N-methyl/N-ethyl adjacent to an activating group) is 1. The number of amides is 1. The average molecular weight is 319 g/mol. The summed E-state index contributed by atoms with van der Waals surface area (Å²) in [7, 11) is -1.86. The third kappa shape index (κ3) is 7.24. The van der Waals surface area contributed by atoms with E-state index in [2.05, 4.69) is 10.6 Å². The quantitative estimate of drug-likeness (QED) is 0.510. The summed E-state index contributed by atoms with van der Waals surface area (Å²) in [6, 6.07) is 0.563. The van der Waals surface area contributed by atoms with Crippen LogP contribution in [0.3, 0.4) is 0 Å². The van der Waals surface area contributed by atoms with Crippen LogP contribution in [0.5, 0.6) is 0 Å². The van der Waals surface area contributed by atoms with Gasteiger partial charge < -0.3 is 10.6 Å². The van der Waals surface area contributed by atoms with Crippen LogP contribution in [0.25, 0.3) is 0 Å². The Morgan fingerprint density at radius 1 is 1.14 bits per heavy atom. The molecule has 0 aromatic rings. The monoisotopic (exact) mass is 319 g/mol. The van der Waals surface area contributed by atoms with Gasteiger partial charge in [-0.05, 0) is 19.8 Å². The van der Waals surface area contributed by atoms with E-state index >= 15 is 0 Å². The fourth-order valence-corrected chi connectivity index (χ4v) is 3.29. The minimum absolute atomic E-state index is 0.0139. The summed E-state index contributed by atoms with van der Waals surface area (Å²) in [5.74, 6) is -0.239. The Bertz CT molecular complexity index is 404. The van der Waals surface area contributed by atoms with Crippen molar-refractivity contribution in [2.24, 2.45) is 0 Å². The fourth-order valence-electron chi connectivity index (χ4n) is 2.54. The van der Waals surface area contributed by atoms with Gasteiger partial charge in [-0.25, -0.2) is 8.42 Å². The zero-order valence-corrected chi connectivity index (χ0v) is 14.0. The van der Waals surface area contributed by atoms with E-state index in [0.29, 0.717) is 12.6 Å². The molecule has 1 aliphatic rings. The second-order valence-electron chi connectivity index (χ2n) is 5.65. The molecule has 0 aromatic heterocycles. The summed E-state index contributed by atoms with van der Waals surface area (Å²) in [5, 5.41) is 6.22. The normalized spacial score (nSPS) is 17.7. The third-order valence-electron chi connectivity index (χ3n) is 3.94. The maximum Gasteiger partial charge on any atom is 0.235 e. The van der Waals surface area contributed by atoms with Crippen LogP contribution in [0.15, 0.2) is 0 Å². The maximum atomic E-state index is 11.7. The summed E-state index contributed by atoms with van der Waals surface area (Å²) < 4.78 is 24.2. The molecule has 1 amide bonds. The first-order valence-electron chi connectivity index (χ1n) is 7.90. The number of rotatable bonds is 8. The Labute approximate surface area is 128 Å². The molecule has 0 aromatic carbocycles. The third-order valence-corrected chi connectivity index (χ3v) is 5.75. The average Bonchev–Trinajstić information content (AvgIpc) is 2.72. The molecule has 124 valence electrons. The first-order valence-corrected chi connectivity index (χ1v) is 9.50. The molecule has 21 heavy (non-hydrogen) atoms. The van der Waals surface area contributed by atoms with Crippen molar-refractivity contribution >= 4 is 15.9 Å². The van der Waals surface area contributed by atoms with Crippen LogP contribution in [-0.4, -0.2) is 57.1 Å². The molecule has 0 spiro atoms. The van der Waals surface area contributed by atoms with Crippen LogP contribution >= 0.6 is 0 Å². The van der Waals surface area contributed by atoms with Crippen LogP contribution in [-0.2, 0) is 14.8 Å². The van der Waals surface area contributed by atoms with Gasteiger partial charge in [-0.2, -0.15) is 4.31 Å².